The predicted octanol–water partition coefficient (Wildman–Crippen LogP) is 3.83. The molecule has 4 heterocycles. The van der Waals surface area contributed by atoms with Crippen LogP contribution >= 0.6 is 0 Å². The summed E-state index contributed by atoms with van der Waals surface area (Å²) in [5.41, 5.74) is 6.48. The van der Waals surface area contributed by atoms with Crippen molar-refractivity contribution in [2.45, 2.75) is 53.2 Å². The fraction of sp³-hybridized carbons (Fsp3) is 0.367. The zero-order valence-electron chi connectivity index (χ0n) is 23.3. The molecule has 1 aromatic carbocycles. The van der Waals surface area contributed by atoms with E-state index in [0.29, 0.717) is 55.2 Å². The number of nitrogens with zero attached hydrogens (tertiary/aromatic N) is 7. The van der Waals surface area contributed by atoms with Crippen molar-refractivity contribution in [1.29, 1.82) is 5.26 Å². The van der Waals surface area contributed by atoms with Crippen molar-refractivity contribution in [2.75, 3.05) is 19.8 Å². The summed E-state index contributed by atoms with van der Waals surface area (Å²) in [6, 6.07) is 7.70. The van der Waals surface area contributed by atoms with Gasteiger partial charge in [-0.2, -0.15) is 10.4 Å². The number of rotatable bonds is 9. The third kappa shape index (κ3) is 5.08. The number of hydrogen-bond donors (Lipinski definition) is 1. The SMILES string of the molecule is CCOc1cc([C@H](C)N2CCc3c(cc(Cn4ccnc4C)cc3-c3cn(CCO)nc3C)C2=O)ncc1C#N. The molecule has 1 amide bonds. The molecule has 0 saturated heterocycles. The van der Waals surface area contributed by atoms with Crippen LogP contribution in [0.3, 0.4) is 0 Å². The Morgan fingerprint density at radius 3 is 2.67 bits per heavy atom. The summed E-state index contributed by atoms with van der Waals surface area (Å²) in [6.07, 6.45) is 7.83. The number of imidazole rings is 1. The largest absolute Gasteiger partial charge is 0.492 e. The van der Waals surface area contributed by atoms with Crippen LogP contribution in [0, 0.1) is 25.2 Å². The molecule has 0 radical (unpaired) electrons. The molecule has 40 heavy (non-hydrogen) atoms. The summed E-state index contributed by atoms with van der Waals surface area (Å²) in [7, 11) is 0. The van der Waals surface area contributed by atoms with E-state index in [-0.39, 0.29) is 18.6 Å². The minimum atomic E-state index is -0.315. The van der Waals surface area contributed by atoms with Gasteiger partial charge in [0.25, 0.3) is 5.91 Å². The van der Waals surface area contributed by atoms with Crippen LogP contribution in [0.1, 0.15) is 64.1 Å². The quantitative estimate of drug-likeness (QED) is 0.343. The minimum Gasteiger partial charge on any atom is -0.492 e. The normalized spacial score (nSPS) is 13.7. The number of aliphatic hydroxyl groups excluding tert-OH is 1. The fourth-order valence-electron chi connectivity index (χ4n) is 5.35. The molecular formula is C30H33N7O3. The van der Waals surface area contributed by atoms with Crippen LogP contribution in [0.25, 0.3) is 11.1 Å². The molecule has 0 aliphatic carbocycles. The molecule has 3 aromatic heterocycles. The second-order valence-corrected chi connectivity index (χ2v) is 9.96. The third-order valence-corrected chi connectivity index (χ3v) is 7.45. The molecule has 0 unspecified atom stereocenters. The lowest BCUT2D eigenvalue weighted by molar-refractivity contribution is 0.0669. The Balaban J connectivity index is 1.56. The van der Waals surface area contributed by atoms with Crippen molar-refractivity contribution in [2.24, 2.45) is 0 Å². The van der Waals surface area contributed by atoms with Crippen molar-refractivity contribution in [3.05, 3.63) is 82.5 Å². The summed E-state index contributed by atoms with van der Waals surface area (Å²) in [5, 5.41) is 23.4. The van der Waals surface area contributed by atoms with Gasteiger partial charge in [0.15, 0.2) is 0 Å². The van der Waals surface area contributed by atoms with Gasteiger partial charge < -0.3 is 19.3 Å². The highest BCUT2D eigenvalue weighted by atomic mass is 16.5. The molecule has 5 rings (SSSR count). The molecule has 1 N–H and O–H groups in total. The molecule has 0 spiro atoms. The number of aryl methyl sites for hydroxylation is 2. The maximum Gasteiger partial charge on any atom is 0.254 e. The lowest BCUT2D eigenvalue weighted by Gasteiger charge is -2.34. The van der Waals surface area contributed by atoms with Gasteiger partial charge in [-0.3, -0.25) is 14.5 Å². The molecule has 1 atom stereocenters. The molecule has 0 bridgehead atoms. The molecule has 10 heteroatoms. The van der Waals surface area contributed by atoms with Crippen LogP contribution in [-0.4, -0.2) is 60.0 Å². The number of pyridine rings is 1. The van der Waals surface area contributed by atoms with E-state index in [9.17, 15) is 15.2 Å². The monoisotopic (exact) mass is 539 g/mol. The summed E-state index contributed by atoms with van der Waals surface area (Å²) in [6.45, 7) is 9.66. The van der Waals surface area contributed by atoms with Gasteiger partial charge in [0.1, 0.15) is 23.2 Å². The van der Waals surface area contributed by atoms with Gasteiger partial charge in [-0.1, -0.05) is 0 Å². The Morgan fingerprint density at radius 1 is 1.18 bits per heavy atom. The van der Waals surface area contributed by atoms with E-state index >= 15 is 0 Å². The second-order valence-electron chi connectivity index (χ2n) is 9.96. The Kier molecular flexibility index (Phi) is 7.67. The lowest BCUT2D eigenvalue weighted by atomic mass is 9.87. The van der Waals surface area contributed by atoms with E-state index in [1.165, 1.54) is 6.20 Å². The van der Waals surface area contributed by atoms with Crippen molar-refractivity contribution >= 4 is 5.91 Å². The van der Waals surface area contributed by atoms with Gasteiger partial charge in [-0.25, -0.2) is 4.98 Å². The lowest BCUT2D eigenvalue weighted by Crippen LogP contribution is -2.40. The topological polar surface area (TPSA) is 122 Å². The van der Waals surface area contributed by atoms with E-state index in [0.717, 1.165) is 33.8 Å². The van der Waals surface area contributed by atoms with Crippen LogP contribution in [0.15, 0.2) is 43.0 Å². The third-order valence-electron chi connectivity index (χ3n) is 7.45. The number of benzene rings is 1. The first-order chi connectivity index (χ1) is 19.3. The first-order valence-electron chi connectivity index (χ1n) is 13.5. The molecule has 0 fully saturated rings. The van der Waals surface area contributed by atoms with Crippen molar-refractivity contribution in [1.82, 2.24) is 29.2 Å². The van der Waals surface area contributed by atoms with Gasteiger partial charge in [0.05, 0.1) is 37.2 Å². The highest BCUT2D eigenvalue weighted by molar-refractivity contribution is 5.99. The first-order valence-corrected chi connectivity index (χ1v) is 13.5. The van der Waals surface area contributed by atoms with Gasteiger partial charge >= 0.3 is 0 Å². The number of carbonyl (C=O) groups excluding carboxylic acids is 1. The maximum absolute atomic E-state index is 14.1. The second kappa shape index (κ2) is 11.3. The molecule has 206 valence electrons. The number of aromatic nitrogens is 5. The summed E-state index contributed by atoms with van der Waals surface area (Å²) >= 11 is 0. The Labute approximate surface area is 233 Å². The Morgan fingerprint density at radius 2 is 1.98 bits per heavy atom. The average molecular weight is 540 g/mol. The fourth-order valence-corrected chi connectivity index (χ4v) is 5.35. The molecule has 1 aliphatic heterocycles. The molecule has 10 nitrogen and oxygen atoms in total. The van der Waals surface area contributed by atoms with Crippen LogP contribution < -0.4 is 4.74 Å². The number of fused-ring (bicyclic) bond motifs is 1. The Hall–Kier alpha value is -4.49. The maximum atomic E-state index is 14.1. The first kappa shape index (κ1) is 27.1. The molecule has 4 aromatic rings. The van der Waals surface area contributed by atoms with Crippen LogP contribution in [-0.2, 0) is 19.5 Å². The average Bonchev–Trinajstić information content (AvgIpc) is 3.52. The van der Waals surface area contributed by atoms with Crippen molar-refractivity contribution in [3.63, 3.8) is 0 Å². The van der Waals surface area contributed by atoms with Gasteiger partial charge in [-0.05, 0) is 62.9 Å². The van der Waals surface area contributed by atoms with E-state index < -0.39 is 0 Å². The number of carbonyl (C=O) groups is 1. The zero-order chi connectivity index (χ0) is 28.4. The van der Waals surface area contributed by atoms with Crippen molar-refractivity contribution in [3.8, 4) is 22.9 Å². The van der Waals surface area contributed by atoms with Crippen LogP contribution in [0.5, 0.6) is 5.75 Å². The molecular weight excluding hydrogens is 506 g/mol. The zero-order valence-corrected chi connectivity index (χ0v) is 23.3. The smallest absolute Gasteiger partial charge is 0.254 e. The molecule has 0 saturated carbocycles. The van der Waals surface area contributed by atoms with E-state index in [1.54, 1.807) is 16.9 Å². The van der Waals surface area contributed by atoms with E-state index in [2.05, 4.69) is 31.8 Å². The summed E-state index contributed by atoms with van der Waals surface area (Å²) in [5.74, 6) is 1.30. The minimum absolute atomic E-state index is 0.00165. The van der Waals surface area contributed by atoms with E-state index in [4.69, 9.17) is 4.74 Å². The predicted molar refractivity (Wildman–Crippen MR) is 149 cm³/mol. The molecule has 1 aliphatic rings. The number of nitriles is 1. The summed E-state index contributed by atoms with van der Waals surface area (Å²) < 4.78 is 9.46. The summed E-state index contributed by atoms with van der Waals surface area (Å²) in [4.78, 5) is 24.8. The number of hydrogen-bond acceptors (Lipinski definition) is 7. The number of ether oxygens (including phenoxy) is 1. The number of amides is 1. The van der Waals surface area contributed by atoms with Crippen LogP contribution in [0.2, 0.25) is 0 Å². The number of aliphatic hydroxyl groups is 1. The van der Waals surface area contributed by atoms with Crippen molar-refractivity contribution < 1.29 is 14.6 Å². The van der Waals surface area contributed by atoms with Gasteiger partial charge in [0, 0.05) is 55.1 Å². The highest BCUT2D eigenvalue weighted by Gasteiger charge is 2.32. The highest BCUT2D eigenvalue weighted by Crippen LogP contribution is 2.36. The Bertz CT molecular complexity index is 1600. The van der Waals surface area contributed by atoms with Gasteiger partial charge in [-0.15, -0.1) is 0 Å². The van der Waals surface area contributed by atoms with Gasteiger partial charge in [0.2, 0.25) is 0 Å². The van der Waals surface area contributed by atoms with Crippen LogP contribution in [0.4, 0.5) is 0 Å². The van der Waals surface area contributed by atoms with E-state index in [1.807, 2.05) is 51.1 Å². The standard InChI is InChI=1S/C30H33N7O3/c1-5-40-29-14-28(33-16-23(29)15-31)20(3)37-8-6-24-25(27-18-36(10-11-38)34-19(27)2)12-22(13-26(24)30(37)39)17-35-9-7-32-21(35)4/h7,9,12-14,16,18,20,38H,5-6,8,10-11,17H2,1-4H3/t20-/m0/s1.